The molecule has 0 radical (unpaired) electrons. The summed E-state index contributed by atoms with van der Waals surface area (Å²) in [6.07, 6.45) is 3.39. The molecular formula is C10H21NO2. The quantitative estimate of drug-likeness (QED) is 0.724. The van der Waals surface area contributed by atoms with Crippen LogP contribution in [0.1, 0.15) is 33.1 Å². The molecule has 0 saturated carbocycles. The van der Waals surface area contributed by atoms with Crippen molar-refractivity contribution in [3.05, 3.63) is 0 Å². The van der Waals surface area contributed by atoms with E-state index in [9.17, 15) is 0 Å². The molecule has 1 rings (SSSR count). The first kappa shape index (κ1) is 11.0. The van der Waals surface area contributed by atoms with E-state index in [1.165, 1.54) is 0 Å². The third-order valence-corrected chi connectivity index (χ3v) is 2.66. The molecule has 0 aliphatic carbocycles. The lowest BCUT2D eigenvalue weighted by atomic mass is 9.83. The Morgan fingerprint density at radius 3 is 2.38 bits per heavy atom. The van der Waals surface area contributed by atoms with Gasteiger partial charge in [-0.3, -0.25) is 0 Å². The summed E-state index contributed by atoms with van der Waals surface area (Å²) in [4.78, 5) is 0. The van der Waals surface area contributed by atoms with Crippen molar-refractivity contribution >= 4 is 0 Å². The Hall–Kier alpha value is -0.120. The third kappa shape index (κ3) is 3.25. The Balaban J connectivity index is 2.45. The van der Waals surface area contributed by atoms with E-state index in [1.54, 1.807) is 7.11 Å². The van der Waals surface area contributed by atoms with Crippen LogP contribution in [0.4, 0.5) is 0 Å². The molecule has 1 aliphatic heterocycles. The van der Waals surface area contributed by atoms with Crippen LogP contribution in [-0.4, -0.2) is 31.5 Å². The standard InChI is InChI=1S/C10H21NO2/c1-8-6-10(11,4-5-12-3)7-9(2)13-8/h8-9H,4-7,11H2,1-3H3/t8-,9+,10?. The Bertz CT molecular complexity index is 151. The van der Waals surface area contributed by atoms with Crippen molar-refractivity contribution in [1.29, 1.82) is 0 Å². The highest BCUT2D eigenvalue weighted by atomic mass is 16.5. The topological polar surface area (TPSA) is 44.5 Å². The van der Waals surface area contributed by atoms with Gasteiger partial charge in [0.1, 0.15) is 0 Å². The SMILES string of the molecule is COCCC1(N)C[C@@H](C)O[C@@H](C)C1. The normalized spacial score (nSPS) is 40.6. The van der Waals surface area contributed by atoms with Crippen molar-refractivity contribution < 1.29 is 9.47 Å². The van der Waals surface area contributed by atoms with Crippen LogP contribution in [-0.2, 0) is 9.47 Å². The zero-order valence-corrected chi connectivity index (χ0v) is 8.88. The van der Waals surface area contributed by atoms with Crippen molar-refractivity contribution in [2.24, 2.45) is 5.73 Å². The summed E-state index contributed by atoms with van der Waals surface area (Å²) < 4.78 is 10.7. The van der Waals surface area contributed by atoms with Gasteiger partial charge in [0.2, 0.25) is 0 Å². The number of rotatable bonds is 3. The summed E-state index contributed by atoms with van der Waals surface area (Å²) in [7, 11) is 1.72. The molecular weight excluding hydrogens is 166 g/mol. The van der Waals surface area contributed by atoms with Gasteiger partial charge in [0.25, 0.3) is 0 Å². The summed E-state index contributed by atoms with van der Waals surface area (Å²) in [5.74, 6) is 0. The Morgan fingerprint density at radius 2 is 1.92 bits per heavy atom. The monoisotopic (exact) mass is 187 g/mol. The summed E-state index contributed by atoms with van der Waals surface area (Å²) in [6, 6.07) is 0. The fraction of sp³-hybridized carbons (Fsp3) is 1.00. The molecule has 1 heterocycles. The second-order valence-electron chi connectivity index (χ2n) is 4.27. The van der Waals surface area contributed by atoms with E-state index in [0.29, 0.717) is 0 Å². The van der Waals surface area contributed by atoms with Gasteiger partial charge in [-0.2, -0.15) is 0 Å². The average Bonchev–Trinajstić information content (AvgIpc) is 1.98. The highest BCUT2D eigenvalue weighted by Gasteiger charge is 2.34. The summed E-state index contributed by atoms with van der Waals surface area (Å²) in [6.45, 7) is 4.92. The van der Waals surface area contributed by atoms with E-state index in [2.05, 4.69) is 13.8 Å². The summed E-state index contributed by atoms with van der Waals surface area (Å²) in [5.41, 5.74) is 6.19. The molecule has 0 bridgehead atoms. The molecule has 0 amide bonds. The zero-order valence-electron chi connectivity index (χ0n) is 8.88. The number of ether oxygens (including phenoxy) is 2. The minimum absolute atomic E-state index is 0.0763. The van der Waals surface area contributed by atoms with Gasteiger partial charge in [-0.05, 0) is 33.1 Å². The molecule has 0 aromatic rings. The molecule has 1 fully saturated rings. The second-order valence-corrected chi connectivity index (χ2v) is 4.27. The molecule has 1 aliphatic rings. The Morgan fingerprint density at radius 1 is 1.38 bits per heavy atom. The molecule has 3 atom stereocenters. The fourth-order valence-corrected chi connectivity index (χ4v) is 2.23. The number of nitrogens with two attached hydrogens (primary N) is 1. The fourth-order valence-electron chi connectivity index (χ4n) is 2.23. The van der Waals surface area contributed by atoms with Crippen molar-refractivity contribution in [3.63, 3.8) is 0 Å². The van der Waals surface area contributed by atoms with Gasteiger partial charge in [0.05, 0.1) is 12.2 Å². The van der Waals surface area contributed by atoms with Crippen LogP contribution in [0.3, 0.4) is 0 Å². The molecule has 0 aromatic carbocycles. The second kappa shape index (κ2) is 4.40. The highest BCUT2D eigenvalue weighted by Crippen LogP contribution is 2.29. The maximum absolute atomic E-state index is 6.27. The first-order chi connectivity index (χ1) is 6.06. The van der Waals surface area contributed by atoms with E-state index >= 15 is 0 Å². The molecule has 0 aromatic heterocycles. The van der Waals surface area contributed by atoms with Gasteiger partial charge >= 0.3 is 0 Å². The van der Waals surface area contributed by atoms with Crippen LogP contribution in [0.5, 0.6) is 0 Å². The Kier molecular flexibility index (Phi) is 3.71. The predicted octanol–water partition coefficient (Wildman–Crippen LogP) is 1.31. The van der Waals surface area contributed by atoms with E-state index in [0.717, 1.165) is 25.9 Å². The van der Waals surface area contributed by atoms with Crippen molar-refractivity contribution in [2.75, 3.05) is 13.7 Å². The maximum atomic E-state index is 6.27. The first-order valence-corrected chi connectivity index (χ1v) is 4.99. The minimum Gasteiger partial charge on any atom is -0.385 e. The predicted molar refractivity (Wildman–Crippen MR) is 52.7 cm³/mol. The lowest BCUT2D eigenvalue weighted by molar-refractivity contribution is -0.0651. The minimum atomic E-state index is -0.0763. The van der Waals surface area contributed by atoms with Crippen LogP contribution in [0.15, 0.2) is 0 Å². The molecule has 0 spiro atoms. The Labute approximate surface area is 80.6 Å². The average molecular weight is 187 g/mol. The van der Waals surface area contributed by atoms with Gasteiger partial charge in [0, 0.05) is 19.3 Å². The lowest BCUT2D eigenvalue weighted by Gasteiger charge is -2.40. The molecule has 1 saturated heterocycles. The number of methoxy groups -OCH3 is 1. The molecule has 3 nitrogen and oxygen atoms in total. The smallest absolute Gasteiger partial charge is 0.0568 e. The molecule has 3 heteroatoms. The molecule has 2 N–H and O–H groups in total. The van der Waals surface area contributed by atoms with E-state index in [-0.39, 0.29) is 17.7 Å². The van der Waals surface area contributed by atoms with Gasteiger partial charge in [-0.1, -0.05) is 0 Å². The van der Waals surface area contributed by atoms with Crippen LogP contribution in [0.2, 0.25) is 0 Å². The summed E-state index contributed by atoms with van der Waals surface area (Å²) >= 11 is 0. The zero-order chi connectivity index (χ0) is 9.90. The van der Waals surface area contributed by atoms with Crippen LogP contribution in [0, 0.1) is 0 Å². The first-order valence-electron chi connectivity index (χ1n) is 4.99. The third-order valence-electron chi connectivity index (χ3n) is 2.66. The molecule has 78 valence electrons. The van der Waals surface area contributed by atoms with Crippen molar-refractivity contribution in [2.45, 2.75) is 50.9 Å². The van der Waals surface area contributed by atoms with Crippen molar-refractivity contribution in [3.8, 4) is 0 Å². The maximum Gasteiger partial charge on any atom is 0.0568 e. The lowest BCUT2D eigenvalue weighted by Crippen LogP contribution is -2.50. The summed E-state index contributed by atoms with van der Waals surface area (Å²) in [5, 5.41) is 0. The van der Waals surface area contributed by atoms with E-state index in [1.807, 2.05) is 0 Å². The van der Waals surface area contributed by atoms with E-state index in [4.69, 9.17) is 15.2 Å². The number of hydrogen-bond donors (Lipinski definition) is 1. The van der Waals surface area contributed by atoms with Gasteiger partial charge in [-0.25, -0.2) is 0 Å². The van der Waals surface area contributed by atoms with E-state index < -0.39 is 0 Å². The highest BCUT2D eigenvalue weighted by molar-refractivity contribution is 4.91. The van der Waals surface area contributed by atoms with Gasteiger partial charge in [-0.15, -0.1) is 0 Å². The van der Waals surface area contributed by atoms with Crippen LogP contribution < -0.4 is 5.73 Å². The van der Waals surface area contributed by atoms with Gasteiger partial charge in [0.15, 0.2) is 0 Å². The molecule has 13 heavy (non-hydrogen) atoms. The molecule has 1 unspecified atom stereocenters. The van der Waals surface area contributed by atoms with Crippen LogP contribution >= 0.6 is 0 Å². The van der Waals surface area contributed by atoms with Crippen molar-refractivity contribution in [1.82, 2.24) is 0 Å². The largest absolute Gasteiger partial charge is 0.385 e. The van der Waals surface area contributed by atoms with Gasteiger partial charge < -0.3 is 15.2 Å². The van der Waals surface area contributed by atoms with Crippen LogP contribution in [0.25, 0.3) is 0 Å². The number of hydrogen-bond acceptors (Lipinski definition) is 3.